The number of sulfonamides is 1. The van der Waals surface area contributed by atoms with Gasteiger partial charge in [0.1, 0.15) is 0 Å². The number of ether oxygens (including phenoxy) is 1. The molecule has 1 amide bonds. The molecule has 0 bridgehead atoms. The van der Waals surface area contributed by atoms with E-state index in [0.29, 0.717) is 19.6 Å². The van der Waals surface area contributed by atoms with E-state index in [4.69, 9.17) is 4.74 Å². The second-order valence-electron chi connectivity index (χ2n) is 6.00. The van der Waals surface area contributed by atoms with E-state index in [1.165, 1.54) is 4.31 Å². The summed E-state index contributed by atoms with van der Waals surface area (Å²) in [6.07, 6.45) is 1.55. The number of nitrogens with zero attached hydrogens (tertiary/aromatic N) is 2. The van der Waals surface area contributed by atoms with Crippen molar-refractivity contribution < 1.29 is 17.9 Å². The number of amides is 1. The van der Waals surface area contributed by atoms with Gasteiger partial charge in [0, 0.05) is 39.3 Å². The zero-order chi connectivity index (χ0) is 14.9. The highest BCUT2D eigenvalue weighted by molar-refractivity contribution is 7.90. The lowest BCUT2D eigenvalue weighted by molar-refractivity contribution is -0.128. The largest absolute Gasteiger partial charge is 0.379 e. The molecule has 2 aliphatic heterocycles. The molecule has 0 aromatic carbocycles. The number of carbonyl (C=O) groups is 1. The molecule has 2 saturated heterocycles. The molecule has 1 saturated carbocycles. The van der Waals surface area contributed by atoms with Crippen molar-refractivity contribution in [1.82, 2.24) is 14.5 Å². The average Bonchev–Trinajstić information content (AvgIpc) is 3.22. The highest BCUT2D eigenvalue weighted by Crippen LogP contribution is 2.34. The second kappa shape index (κ2) is 6.20. The standard InChI is InChI=1S/C13H23N3O4S/c17-13(14-3-4-15-5-7-20-8-6-15)11-9-16(10-11)21(18,19)12-1-2-12/h11-12H,1-10H2,(H,14,17). The maximum absolute atomic E-state index is 11.9. The highest BCUT2D eigenvalue weighted by Gasteiger charge is 2.46. The van der Waals surface area contributed by atoms with E-state index < -0.39 is 10.0 Å². The van der Waals surface area contributed by atoms with Crippen molar-refractivity contribution in [1.29, 1.82) is 0 Å². The van der Waals surface area contributed by atoms with Crippen molar-refractivity contribution in [2.45, 2.75) is 18.1 Å². The van der Waals surface area contributed by atoms with Gasteiger partial charge in [0.15, 0.2) is 0 Å². The van der Waals surface area contributed by atoms with E-state index in [1.807, 2.05) is 0 Å². The van der Waals surface area contributed by atoms with E-state index in [-0.39, 0.29) is 17.1 Å². The van der Waals surface area contributed by atoms with Crippen LogP contribution in [0.4, 0.5) is 0 Å². The van der Waals surface area contributed by atoms with Gasteiger partial charge in [-0.1, -0.05) is 0 Å². The molecule has 2 heterocycles. The Balaban J connectivity index is 1.34. The molecule has 3 fully saturated rings. The molecule has 0 radical (unpaired) electrons. The third-order valence-electron chi connectivity index (χ3n) is 4.36. The van der Waals surface area contributed by atoms with Crippen LogP contribution in [-0.2, 0) is 19.6 Å². The molecular formula is C13H23N3O4S. The van der Waals surface area contributed by atoms with Crippen molar-refractivity contribution >= 4 is 15.9 Å². The monoisotopic (exact) mass is 317 g/mol. The van der Waals surface area contributed by atoms with Crippen LogP contribution < -0.4 is 5.32 Å². The molecular weight excluding hydrogens is 294 g/mol. The fraction of sp³-hybridized carbons (Fsp3) is 0.923. The summed E-state index contributed by atoms with van der Waals surface area (Å²) in [7, 11) is -3.10. The predicted molar refractivity (Wildman–Crippen MR) is 77.3 cm³/mol. The Morgan fingerprint density at radius 1 is 1.19 bits per heavy atom. The van der Waals surface area contributed by atoms with E-state index in [2.05, 4.69) is 10.2 Å². The van der Waals surface area contributed by atoms with Crippen LogP contribution in [0.1, 0.15) is 12.8 Å². The summed E-state index contributed by atoms with van der Waals surface area (Å²) in [5, 5.41) is 2.73. The van der Waals surface area contributed by atoms with Crippen LogP contribution in [0.3, 0.4) is 0 Å². The van der Waals surface area contributed by atoms with Gasteiger partial charge in [-0.15, -0.1) is 0 Å². The first-order valence-electron chi connectivity index (χ1n) is 7.64. The highest BCUT2D eigenvalue weighted by atomic mass is 32.2. The molecule has 0 unspecified atom stereocenters. The third-order valence-corrected chi connectivity index (χ3v) is 6.69. The van der Waals surface area contributed by atoms with E-state index >= 15 is 0 Å². The summed E-state index contributed by atoms with van der Waals surface area (Å²) in [5.74, 6) is -0.200. The van der Waals surface area contributed by atoms with Crippen molar-refractivity contribution in [3.05, 3.63) is 0 Å². The van der Waals surface area contributed by atoms with Gasteiger partial charge in [-0.2, -0.15) is 4.31 Å². The molecule has 8 heteroatoms. The number of carbonyl (C=O) groups excluding carboxylic acids is 1. The smallest absolute Gasteiger partial charge is 0.225 e. The zero-order valence-corrected chi connectivity index (χ0v) is 13.0. The summed E-state index contributed by atoms with van der Waals surface area (Å²) in [6.45, 7) is 5.47. The molecule has 120 valence electrons. The average molecular weight is 317 g/mol. The van der Waals surface area contributed by atoms with E-state index in [1.54, 1.807) is 0 Å². The first kappa shape index (κ1) is 15.2. The fourth-order valence-electron chi connectivity index (χ4n) is 2.69. The number of nitrogens with one attached hydrogen (secondary N) is 1. The van der Waals surface area contributed by atoms with Gasteiger partial charge in [0.25, 0.3) is 0 Å². The summed E-state index contributed by atoms with van der Waals surface area (Å²) in [5.41, 5.74) is 0. The Hall–Kier alpha value is -0.700. The van der Waals surface area contributed by atoms with Crippen LogP contribution in [0.25, 0.3) is 0 Å². The van der Waals surface area contributed by atoms with Crippen molar-refractivity contribution in [3.8, 4) is 0 Å². The lowest BCUT2D eigenvalue weighted by atomic mass is 10.0. The Morgan fingerprint density at radius 3 is 2.48 bits per heavy atom. The second-order valence-corrected chi connectivity index (χ2v) is 8.22. The fourth-order valence-corrected chi connectivity index (χ4v) is 4.62. The van der Waals surface area contributed by atoms with Gasteiger partial charge < -0.3 is 10.1 Å². The summed E-state index contributed by atoms with van der Waals surface area (Å²) in [4.78, 5) is 14.2. The minimum Gasteiger partial charge on any atom is -0.379 e. The normalized spacial score (nSPS) is 25.5. The maximum Gasteiger partial charge on any atom is 0.225 e. The quantitative estimate of drug-likeness (QED) is 0.670. The van der Waals surface area contributed by atoms with Crippen LogP contribution in [0.15, 0.2) is 0 Å². The van der Waals surface area contributed by atoms with Gasteiger partial charge in [-0.3, -0.25) is 9.69 Å². The predicted octanol–water partition coefficient (Wildman–Crippen LogP) is -1.14. The molecule has 21 heavy (non-hydrogen) atoms. The molecule has 1 aliphatic carbocycles. The molecule has 0 aromatic heterocycles. The molecule has 7 nitrogen and oxygen atoms in total. The molecule has 0 spiro atoms. The van der Waals surface area contributed by atoms with Crippen LogP contribution in [0.5, 0.6) is 0 Å². The van der Waals surface area contributed by atoms with Crippen LogP contribution in [-0.4, -0.2) is 81.3 Å². The third kappa shape index (κ3) is 3.56. The van der Waals surface area contributed by atoms with Gasteiger partial charge in [0.05, 0.1) is 24.4 Å². The summed E-state index contributed by atoms with van der Waals surface area (Å²) in [6, 6.07) is 0. The molecule has 0 aromatic rings. The zero-order valence-electron chi connectivity index (χ0n) is 12.2. The van der Waals surface area contributed by atoms with E-state index in [9.17, 15) is 13.2 Å². The van der Waals surface area contributed by atoms with Gasteiger partial charge in [0.2, 0.25) is 15.9 Å². The topological polar surface area (TPSA) is 79.0 Å². The lowest BCUT2D eigenvalue weighted by Crippen LogP contribution is -2.56. The van der Waals surface area contributed by atoms with Gasteiger partial charge in [-0.25, -0.2) is 8.42 Å². The lowest BCUT2D eigenvalue weighted by Gasteiger charge is -2.37. The Bertz CT molecular complexity index is 480. The first-order chi connectivity index (χ1) is 10.1. The van der Waals surface area contributed by atoms with E-state index in [0.717, 1.165) is 45.7 Å². The van der Waals surface area contributed by atoms with Crippen LogP contribution >= 0.6 is 0 Å². The SMILES string of the molecule is O=C(NCCN1CCOCC1)C1CN(S(=O)(=O)C2CC2)C1. The van der Waals surface area contributed by atoms with Crippen molar-refractivity contribution in [2.24, 2.45) is 5.92 Å². The first-order valence-corrected chi connectivity index (χ1v) is 9.14. The molecule has 1 N–H and O–H groups in total. The van der Waals surface area contributed by atoms with Crippen molar-refractivity contribution in [3.63, 3.8) is 0 Å². The van der Waals surface area contributed by atoms with Crippen LogP contribution in [0, 0.1) is 5.92 Å². The number of rotatable bonds is 6. The number of hydrogen-bond acceptors (Lipinski definition) is 5. The molecule has 3 rings (SSSR count). The summed E-state index contributed by atoms with van der Waals surface area (Å²) >= 11 is 0. The van der Waals surface area contributed by atoms with Gasteiger partial charge >= 0.3 is 0 Å². The Labute approximate surface area is 125 Å². The van der Waals surface area contributed by atoms with Gasteiger partial charge in [-0.05, 0) is 12.8 Å². The number of hydrogen-bond donors (Lipinski definition) is 1. The van der Waals surface area contributed by atoms with Crippen LogP contribution in [0.2, 0.25) is 0 Å². The Morgan fingerprint density at radius 2 is 1.86 bits per heavy atom. The number of morpholine rings is 1. The maximum atomic E-state index is 11.9. The minimum atomic E-state index is -3.10. The molecule has 3 aliphatic rings. The minimum absolute atomic E-state index is 0.0227. The Kier molecular flexibility index (Phi) is 4.49. The summed E-state index contributed by atoms with van der Waals surface area (Å²) < 4.78 is 30.6. The molecule has 0 atom stereocenters. The van der Waals surface area contributed by atoms with Crippen molar-refractivity contribution in [2.75, 3.05) is 52.5 Å².